The monoisotopic (exact) mass is 881 g/mol. The molecule has 1 spiro atoms. The van der Waals surface area contributed by atoms with Crippen molar-refractivity contribution in [1.29, 1.82) is 0 Å². The molecule has 3 aliphatic heterocycles. The van der Waals surface area contributed by atoms with Gasteiger partial charge in [0.2, 0.25) is 5.91 Å². The number of halogens is 1. The molecule has 5 aromatic rings. The highest BCUT2D eigenvalue weighted by atomic mass is 35.5. The zero-order valence-corrected chi connectivity index (χ0v) is 35.7. The van der Waals surface area contributed by atoms with Crippen molar-refractivity contribution in [2.75, 3.05) is 37.7 Å². The first-order valence-corrected chi connectivity index (χ1v) is 23.2. The van der Waals surface area contributed by atoms with Crippen LogP contribution in [0.4, 0.5) is 11.4 Å². The molecular weight excluding hydrogens is 834 g/mol. The number of rotatable bonds is 13. The second kappa shape index (κ2) is 17.3. The maximum atomic E-state index is 13.9. The Hall–Kier alpha value is -5.58. The lowest BCUT2D eigenvalue weighted by Gasteiger charge is -2.56. The number of β-lactam (4-membered cyclic amide) rings is 1. The molecule has 1 atom stereocenters. The normalized spacial score (nSPS) is 19.5. The summed E-state index contributed by atoms with van der Waals surface area (Å²) in [7, 11) is -4.55. The fourth-order valence-corrected chi connectivity index (χ4v) is 11.1. The van der Waals surface area contributed by atoms with Crippen LogP contribution in [0.15, 0.2) is 84.3 Å². The van der Waals surface area contributed by atoms with E-state index in [9.17, 15) is 28.1 Å². The van der Waals surface area contributed by atoms with Crippen LogP contribution in [0.3, 0.4) is 0 Å². The number of carbonyl (C=O) groups is 2. The van der Waals surface area contributed by atoms with Crippen LogP contribution in [0.5, 0.6) is 11.5 Å². The minimum Gasteiger partial charge on any atom is -0.455 e. The average Bonchev–Trinajstić information content (AvgIpc) is 3.98. The summed E-state index contributed by atoms with van der Waals surface area (Å²) in [6, 6.07) is 14.2. The molecule has 3 saturated heterocycles. The largest absolute Gasteiger partial charge is 0.455 e. The van der Waals surface area contributed by atoms with Gasteiger partial charge in [-0.25, -0.2) is 18.1 Å². The van der Waals surface area contributed by atoms with Gasteiger partial charge in [-0.05, 0) is 105 Å². The Labute approximate surface area is 364 Å². The van der Waals surface area contributed by atoms with Gasteiger partial charge in [-0.15, -0.1) is 0 Å². The van der Waals surface area contributed by atoms with E-state index in [1.807, 2.05) is 23.2 Å². The lowest BCUT2D eigenvalue weighted by Crippen LogP contribution is -2.63. The molecule has 3 aromatic heterocycles. The lowest BCUT2D eigenvalue weighted by molar-refractivity contribution is -0.385. The van der Waals surface area contributed by atoms with E-state index in [1.165, 1.54) is 24.4 Å². The number of nitrogens with one attached hydrogen (secondary N) is 2. The molecule has 6 heterocycles. The summed E-state index contributed by atoms with van der Waals surface area (Å²) in [4.78, 5) is 54.8. The molecule has 324 valence electrons. The predicted octanol–water partition coefficient (Wildman–Crippen LogP) is 8.15. The van der Waals surface area contributed by atoms with Gasteiger partial charge in [-0.1, -0.05) is 30.5 Å². The van der Waals surface area contributed by atoms with E-state index in [0.717, 1.165) is 80.5 Å². The van der Waals surface area contributed by atoms with Gasteiger partial charge in [-0.3, -0.25) is 24.7 Å². The minimum atomic E-state index is -4.55. The van der Waals surface area contributed by atoms with E-state index in [1.54, 1.807) is 30.6 Å². The maximum Gasteiger partial charge on any atom is 0.273 e. The van der Waals surface area contributed by atoms with Crippen molar-refractivity contribution < 1.29 is 32.4 Å². The van der Waals surface area contributed by atoms with E-state index in [-0.39, 0.29) is 40.3 Å². The number of aryl methyl sites for hydroxylation is 1. The molecular formula is C45H48ClN7O8S. The third-order valence-corrected chi connectivity index (χ3v) is 14.8. The highest BCUT2D eigenvalue weighted by molar-refractivity contribution is 7.90. The van der Waals surface area contributed by atoms with E-state index < -0.39 is 25.7 Å². The molecule has 4 fully saturated rings. The summed E-state index contributed by atoms with van der Waals surface area (Å²) in [6.07, 6.45) is 15.1. The van der Waals surface area contributed by atoms with Crippen LogP contribution in [0.1, 0.15) is 85.3 Å². The minimum absolute atomic E-state index is 0.0365. The van der Waals surface area contributed by atoms with Crippen molar-refractivity contribution in [3.8, 4) is 11.5 Å². The Morgan fingerprint density at radius 3 is 2.55 bits per heavy atom. The number of hydrogen-bond donors (Lipinski definition) is 2. The van der Waals surface area contributed by atoms with E-state index in [4.69, 9.17) is 21.1 Å². The van der Waals surface area contributed by atoms with E-state index in [0.29, 0.717) is 67.2 Å². The fourth-order valence-electron chi connectivity index (χ4n) is 9.97. The highest BCUT2D eigenvalue weighted by Gasteiger charge is 2.61. The van der Waals surface area contributed by atoms with Crippen LogP contribution < -0.4 is 14.4 Å². The van der Waals surface area contributed by atoms with Gasteiger partial charge in [0, 0.05) is 80.2 Å². The molecule has 15 nitrogen and oxygen atoms in total. The number of ether oxygens (including phenoxy) is 2. The number of anilines is 1. The van der Waals surface area contributed by atoms with E-state index >= 15 is 0 Å². The summed E-state index contributed by atoms with van der Waals surface area (Å²) in [5.41, 5.74) is 2.10. The van der Waals surface area contributed by atoms with Crippen LogP contribution in [-0.4, -0.2) is 77.9 Å². The number of carbonyl (C=O) groups excluding carboxylic acids is 2. The number of hydrogen-bond acceptors (Lipinski definition) is 11. The van der Waals surface area contributed by atoms with Crippen molar-refractivity contribution in [1.82, 2.24) is 24.6 Å². The van der Waals surface area contributed by atoms with Gasteiger partial charge in [-0.2, -0.15) is 0 Å². The standard InChI is InChI=1S/C45H48ClN7O8S/c46-34-21-33(25-47-26-34)41-45(14-1-2-15-45)44(55)52(41)28-30-10-17-51(18-11-30)35-6-8-38(40(23-35)61-36-22-32-9-16-48-42(32)49-27-36)43(54)50-62(58,59)37-7-5-31(39(24-37)53(56)57)4-3-29-12-19-60-20-13-29/h5-9,16,21-27,29-30,41H,1-4,10-15,17-20,28H2,(H,48,49)(H,50,54). The highest BCUT2D eigenvalue weighted by Crippen LogP contribution is 2.59. The van der Waals surface area contributed by atoms with Gasteiger partial charge >= 0.3 is 0 Å². The van der Waals surface area contributed by atoms with Gasteiger partial charge in [0.15, 0.2) is 0 Å². The molecule has 1 unspecified atom stereocenters. The summed E-state index contributed by atoms with van der Waals surface area (Å²) in [5, 5.41) is 13.5. The third-order valence-electron chi connectivity index (χ3n) is 13.3. The molecule has 9 rings (SSSR count). The Morgan fingerprint density at radius 2 is 1.79 bits per heavy atom. The Kier molecular flexibility index (Phi) is 11.6. The van der Waals surface area contributed by atoms with Crippen LogP contribution in [0.2, 0.25) is 5.02 Å². The topological polar surface area (TPSA) is 190 Å². The number of piperidine rings is 1. The number of amides is 2. The Morgan fingerprint density at radius 1 is 1.00 bits per heavy atom. The van der Waals surface area contributed by atoms with Crippen molar-refractivity contribution in [3.63, 3.8) is 0 Å². The number of nitro groups is 1. The SMILES string of the molecule is O=C(NS(=O)(=O)c1ccc(CCC2CCOCC2)c([N+](=O)[O-])c1)c1ccc(N2CCC(CN3C(=O)C4(CCCC4)C3c3cncc(Cl)c3)CC2)cc1Oc1cnc2[nH]ccc2c1. The molecule has 1 saturated carbocycles. The number of aromatic nitrogens is 3. The first kappa shape index (κ1) is 41.8. The number of H-pyrrole nitrogens is 1. The van der Waals surface area contributed by atoms with Gasteiger partial charge < -0.3 is 24.3 Å². The Balaban J connectivity index is 0.919. The zero-order chi connectivity index (χ0) is 43.0. The molecule has 17 heteroatoms. The van der Waals surface area contributed by atoms with Crippen molar-refractivity contribution >= 4 is 55.8 Å². The average molecular weight is 882 g/mol. The molecule has 0 radical (unpaired) electrons. The molecule has 2 aromatic carbocycles. The molecule has 62 heavy (non-hydrogen) atoms. The Bertz CT molecular complexity index is 2620. The number of sulfonamides is 1. The number of likely N-dealkylation sites (tertiary alicyclic amines) is 1. The summed E-state index contributed by atoms with van der Waals surface area (Å²) < 4.78 is 41.2. The molecule has 1 aliphatic carbocycles. The molecule has 0 bridgehead atoms. The van der Waals surface area contributed by atoms with Gasteiger partial charge in [0.1, 0.15) is 17.1 Å². The number of benzene rings is 2. The van der Waals surface area contributed by atoms with Crippen molar-refractivity contribution in [2.24, 2.45) is 17.3 Å². The van der Waals surface area contributed by atoms with Crippen LogP contribution in [0, 0.1) is 27.4 Å². The zero-order valence-electron chi connectivity index (χ0n) is 34.1. The fraction of sp³-hybridized carbons (Fsp3) is 0.422. The quantitative estimate of drug-likeness (QED) is 0.0660. The van der Waals surface area contributed by atoms with Crippen LogP contribution >= 0.6 is 11.6 Å². The van der Waals surface area contributed by atoms with Gasteiger partial charge in [0.25, 0.3) is 21.6 Å². The maximum absolute atomic E-state index is 13.9. The van der Waals surface area contributed by atoms with Gasteiger partial charge in [0.05, 0.1) is 38.1 Å². The smallest absolute Gasteiger partial charge is 0.273 e. The number of aromatic amines is 1. The first-order valence-electron chi connectivity index (χ1n) is 21.3. The van der Waals surface area contributed by atoms with Crippen LogP contribution in [0.25, 0.3) is 11.0 Å². The first-order chi connectivity index (χ1) is 30.0. The molecule has 4 aliphatic rings. The number of fused-ring (bicyclic) bond motifs is 1. The van der Waals surface area contributed by atoms with Crippen molar-refractivity contribution in [3.05, 3.63) is 111 Å². The second-order valence-corrected chi connectivity index (χ2v) is 19.2. The number of nitrogens with zero attached hydrogens (tertiary/aromatic N) is 5. The number of pyridine rings is 2. The second-order valence-electron chi connectivity index (χ2n) is 17.0. The lowest BCUT2D eigenvalue weighted by atomic mass is 9.66. The summed E-state index contributed by atoms with van der Waals surface area (Å²) >= 11 is 6.36. The number of nitro benzene ring substituents is 1. The van der Waals surface area contributed by atoms with E-state index in [2.05, 4.69) is 24.6 Å². The van der Waals surface area contributed by atoms with Crippen molar-refractivity contribution in [2.45, 2.75) is 75.1 Å². The summed E-state index contributed by atoms with van der Waals surface area (Å²) in [6.45, 7) is 3.32. The van der Waals surface area contributed by atoms with Crippen LogP contribution in [-0.2, 0) is 26.0 Å². The predicted molar refractivity (Wildman–Crippen MR) is 232 cm³/mol. The summed E-state index contributed by atoms with van der Waals surface area (Å²) in [5.74, 6) is 0.347. The third kappa shape index (κ3) is 8.34. The molecule has 2 N–H and O–H groups in total. The molecule has 2 amide bonds.